The van der Waals surface area contributed by atoms with Gasteiger partial charge in [-0.25, -0.2) is 0 Å². The van der Waals surface area contributed by atoms with Crippen LogP contribution in [0.3, 0.4) is 0 Å². The van der Waals surface area contributed by atoms with Crippen molar-refractivity contribution < 1.29 is 9.66 Å². The molecular formula is C15H16N2O3. The second-order valence-corrected chi connectivity index (χ2v) is 5.10. The SMILES string of the molecule is CC(=Cc1cc2c3c(ccc2n1C)OCCC3)[N+](=O)[O-]. The molecule has 0 radical (unpaired) electrons. The molecule has 104 valence electrons. The third-order valence-corrected chi connectivity index (χ3v) is 3.81. The van der Waals surface area contributed by atoms with Gasteiger partial charge >= 0.3 is 0 Å². The number of fused-ring (bicyclic) bond motifs is 3. The van der Waals surface area contributed by atoms with Crippen LogP contribution in [0.1, 0.15) is 24.6 Å². The summed E-state index contributed by atoms with van der Waals surface area (Å²) in [6, 6.07) is 6.01. The Labute approximate surface area is 116 Å². The first kappa shape index (κ1) is 12.7. The maximum absolute atomic E-state index is 10.8. The van der Waals surface area contributed by atoms with E-state index in [9.17, 15) is 10.1 Å². The summed E-state index contributed by atoms with van der Waals surface area (Å²) in [5, 5.41) is 11.9. The minimum absolute atomic E-state index is 0.140. The first-order valence-electron chi connectivity index (χ1n) is 6.64. The van der Waals surface area contributed by atoms with E-state index in [1.807, 2.05) is 29.8 Å². The van der Waals surface area contributed by atoms with Gasteiger partial charge in [-0.3, -0.25) is 10.1 Å². The number of aromatic nitrogens is 1. The molecule has 0 amide bonds. The minimum Gasteiger partial charge on any atom is -0.493 e. The lowest BCUT2D eigenvalue weighted by molar-refractivity contribution is -0.422. The first-order valence-corrected chi connectivity index (χ1v) is 6.64. The quantitative estimate of drug-likeness (QED) is 0.623. The summed E-state index contributed by atoms with van der Waals surface area (Å²) in [7, 11) is 1.93. The normalized spacial score (nSPS) is 15.0. The van der Waals surface area contributed by atoms with Gasteiger partial charge in [-0.2, -0.15) is 0 Å². The largest absolute Gasteiger partial charge is 0.493 e. The van der Waals surface area contributed by atoms with Crippen LogP contribution in [0.25, 0.3) is 17.0 Å². The van der Waals surface area contributed by atoms with Crippen molar-refractivity contribution in [2.75, 3.05) is 6.61 Å². The topological polar surface area (TPSA) is 57.3 Å². The van der Waals surface area contributed by atoms with E-state index in [1.54, 1.807) is 6.08 Å². The molecule has 0 fully saturated rings. The number of nitrogens with zero attached hydrogens (tertiary/aromatic N) is 2. The number of rotatable bonds is 2. The van der Waals surface area contributed by atoms with Crippen molar-refractivity contribution in [3.63, 3.8) is 0 Å². The molecule has 0 atom stereocenters. The number of hydrogen-bond donors (Lipinski definition) is 0. The predicted molar refractivity (Wildman–Crippen MR) is 77.4 cm³/mol. The highest BCUT2D eigenvalue weighted by atomic mass is 16.6. The molecule has 1 aromatic carbocycles. The smallest absolute Gasteiger partial charge is 0.245 e. The summed E-state index contributed by atoms with van der Waals surface area (Å²) in [6.07, 6.45) is 3.62. The highest BCUT2D eigenvalue weighted by molar-refractivity contribution is 5.89. The van der Waals surface area contributed by atoms with Crippen LogP contribution < -0.4 is 4.74 Å². The third kappa shape index (κ3) is 1.95. The zero-order chi connectivity index (χ0) is 14.3. The number of allylic oxidation sites excluding steroid dienone is 1. The van der Waals surface area contributed by atoms with Crippen LogP contribution in [-0.2, 0) is 13.5 Å². The maximum atomic E-state index is 10.8. The van der Waals surface area contributed by atoms with Crippen LogP contribution in [0.5, 0.6) is 5.75 Å². The Bertz CT molecular complexity index is 728. The Kier molecular flexibility index (Phi) is 2.97. The van der Waals surface area contributed by atoms with Gasteiger partial charge in [0.15, 0.2) is 0 Å². The Morgan fingerprint density at radius 2 is 2.30 bits per heavy atom. The monoisotopic (exact) mass is 272 g/mol. The molecule has 2 heterocycles. The Morgan fingerprint density at radius 3 is 3.05 bits per heavy atom. The molecule has 5 nitrogen and oxygen atoms in total. The minimum atomic E-state index is -0.365. The van der Waals surface area contributed by atoms with E-state index >= 15 is 0 Å². The summed E-state index contributed by atoms with van der Waals surface area (Å²) in [6.45, 7) is 2.27. The van der Waals surface area contributed by atoms with Gasteiger partial charge in [0.2, 0.25) is 5.70 Å². The van der Waals surface area contributed by atoms with Gasteiger partial charge in [-0.05, 0) is 31.0 Å². The summed E-state index contributed by atoms with van der Waals surface area (Å²) >= 11 is 0. The molecular weight excluding hydrogens is 256 g/mol. The number of benzene rings is 1. The van der Waals surface area contributed by atoms with Crippen LogP contribution >= 0.6 is 0 Å². The van der Waals surface area contributed by atoms with Crippen molar-refractivity contribution in [1.82, 2.24) is 4.57 Å². The van der Waals surface area contributed by atoms with E-state index in [0.717, 1.165) is 41.8 Å². The van der Waals surface area contributed by atoms with Gasteiger partial charge < -0.3 is 9.30 Å². The lowest BCUT2D eigenvalue weighted by atomic mass is 10.0. The van der Waals surface area contributed by atoms with Crippen molar-refractivity contribution in [1.29, 1.82) is 0 Å². The summed E-state index contributed by atoms with van der Waals surface area (Å²) in [4.78, 5) is 10.4. The van der Waals surface area contributed by atoms with Crippen LogP contribution in [0.2, 0.25) is 0 Å². The fraction of sp³-hybridized carbons (Fsp3) is 0.333. The summed E-state index contributed by atoms with van der Waals surface area (Å²) in [5.41, 5.74) is 3.27. The molecule has 0 spiro atoms. The van der Waals surface area contributed by atoms with Crippen molar-refractivity contribution in [2.45, 2.75) is 19.8 Å². The molecule has 0 saturated heterocycles. The molecule has 1 aliphatic heterocycles. The summed E-state index contributed by atoms with van der Waals surface area (Å²) < 4.78 is 7.65. The second kappa shape index (κ2) is 4.67. The van der Waals surface area contributed by atoms with E-state index < -0.39 is 0 Å². The zero-order valence-corrected chi connectivity index (χ0v) is 11.5. The number of aryl methyl sites for hydroxylation is 2. The molecule has 1 aliphatic rings. The number of nitro groups is 1. The fourth-order valence-corrected chi connectivity index (χ4v) is 2.70. The van der Waals surface area contributed by atoms with E-state index in [4.69, 9.17) is 4.74 Å². The molecule has 2 aromatic rings. The van der Waals surface area contributed by atoms with Gasteiger partial charge in [0.05, 0.1) is 11.5 Å². The van der Waals surface area contributed by atoms with E-state index in [2.05, 4.69) is 0 Å². The highest BCUT2D eigenvalue weighted by Crippen LogP contribution is 2.34. The van der Waals surface area contributed by atoms with Gasteiger partial charge in [0, 0.05) is 42.2 Å². The van der Waals surface area contributed by atoms with Crippen molar-refractivity contribution in [3.05, 3.63) is 45.3 Å². The van der Waals surface area contributed by atoms with E-state index in [-0.39, 0.29) is 10.6 Å². The maximum Gasteiger partial charge on any atom is 0.245 e. The first-order chi connectivity index (χ1) is 9.58. The Hall–Kier alpha value is -2.30. The summed E-state index contributed by atoms with van der Waals surface area (Å²) in [5.74, 6) is 0.941. The lowest BCUT2D eigenvalue weighted by Gasteiger charge is -2.17. The zero-order valence-electron chi connectivity index (χ0n) is 11.5. The molecule has 0 aliphatic carbocycles. The van der Waals surface area contributed by atoms with Crippen LogP contribution in [0.4, 0.5) is 0 Å². The molecule has 3 rings (SSSR count). The van der Waals surface area contributed by atoms with Gasteiger partial charge in [0.25, 0.3) is 0 Å². The van der Waals surface area contributed by atoms with Crippen LogP contribution in [0.15, 0.2) is 23.9 Å². The van der Waals surface area contributed by atoms with Gasteiger partial charge in [-0.15, -0.1) is 0 Å². The van der Waals surface area contributed by atoms with Gasteiger partial charge in [0.1, 0.15) is 5.75 Å². The fourth-order valence-electron chi connectivity index (χ4n) is 2.70. The predicted octanol–water partition coefficient (Wildman–Crippen LogP) is 3.14. The van der Waals surface area contributed by atoms with Gasteiger partial charge in [-0.1, -0.05) is 0 Å². The molecule has 0 bridgehead atoms. The van der Waals surface area contributed by atoms with Crippen LogP contribution in [0, 0.1) is 10.1 Å². The van der Waals surface area contributed by atoms with Crippen molar-refractivity contribution in [3.8, 4) is 5.75 Å². The van der Waals surface area contributed by atoms with E-state index in [1.165, 1.54) is 12.5 Å². The van der Waals surface area contributed by atoms with Crippen molar-refractivity contribution in [2.24, 2.45) is 7.05 Å². The standard InChI is InChI=1S/C15H16N2O3/c1-10(17(18)19)8-11-9-13-12-4-3-7-20-15(12)6-5-14(13)16(11)2/h5-6,8-9H,3-4,7H2,1-2H3. The van der Waals surface area contributed by atoms with Crippen molar-refractivity contribution >= 4 is 17.0 Å². The molecule has 20 heavy (non-hydrogen) atoms. The molecule has 0 unspecified atom stereocenters. The Balaban J connectivity index is 2.19. The van der Waals surface area contributed by atoms with Crippen LogP contribution in [-0.4, -0.2) is 16.1 Å². The molecule has 0 N–H and O–H groups in total. The second-order valence-electron chi connectivity index (χ2n) is 5.10. The average Bonchev–Trinajstić information content (AvgIpc) is 2.76. The lowest BCUT2D eigenvalue weighted by Crippen LogP contribution is -2.08. The molecule has 5 heteroatoms. The highest BCUT2D eigenvalue weighted by Gasteiger charge is 2.17. The average molecular weight is 272 g/mol. The number of hydrogen-bond acceptors (Lipinski definition) is 3. The molecule has 0 saturated carbocycles. The molecule has 1 aromatic heterocycles. The number of ether oxygens (including phenoxy) is 1. The van der Waals surface area contributed by atoms with E-state index in [0.29, 0.717) is 0 Å². The third-order valence-electron chi connectivity index (χ3n) is 3.81. The Morgan fingerprint density at radius 1 is 1.50 bits per heavy atom.